The first kappa shape index (κ1) is 32.9. The van der Waals surface area contributed by atoms with Gasteiger partial charge in [-0.2, -0.15) is 0 Å². The first-order valence-corrected chi connectivity index (χ1v) is 19.6. The summed E-state index contributed by atoms with van der Waals surface area (Å²) in [6.07, 6.45) is -3.37. The highest BCUT2D eigenvalue weighted by molar-refractivity contribution is 6.74. The normalized spacial score (nSPS) is 22.8. The highest BCUT2D eigenvalue weighted by Gasteiger charge is 2.57. The van der Waals surface area contributed by atoms with Crippen molar-refractivity contribution in [3.63, 3.8) is 0 Å². The number of carbonyl (C=O) groups is 2. The van der Waals surface area contributed by atoms with Gasteiger partial charge < -0.3 is 18.3 Å². The molecule has 41 heavy (non-hydrogen) atoms. The van der Waals surface area contributed by atoms with E-state index >= 15 is 0 Å². The molecule has 0 bridgehead atoms. The molecule has 1 saturated heterocycles. The van der Waals surface area contributed by atoms with Gasteiger partial charge >= 0.3 is 11.7 Å². The van der Waals surface area contributed by atoms with Gasteiger partial charge in [0, 0.05) is 12.3 Å². The fraction of sp³-hybridized carbons (Fsp3) is 0.586. The third kappa shape index (κ3) is 7.23. The number of esters is 1. The summed E-state index contributed by atoms with van der Waals surface area (Å²) in [6, 6.07) is 9.57. The van der Waals surface area contributed by atoms with E-state index in [1.807, 2.05) is 0 Å². The summed E-state index contributed by atoms with van der Waals surface area (Å²) in [4.78, 5) is 52.7. The maximum atomic E-state index is 13.0. The number of nitrogens with zero attached hydrogens (tertiary/aromatic N) is 1. The molecular weight excluding hydrogens is 560 g/mol. The predicted molar refractivity (Wildman–Crippen MR) is 161 cm³/mol. The van der Waals surface area contributed by atoms with Crippen molar-refractivity contribution in [2.45, 2.75) is 108 Å². The maximum Gasteiger partial charge on any atom is 0.338 e. The fourth-order valence-corrected chi connectivity index (χ4v) is 6.60. The van der Waals surface area contributed by atoms with Crippen LogP contribution in [-0.2, 0) is 23.1 Å². The summed E-state index contributed by atoms with van der Waals surface area (Å²) in [5, 5.41) is -0.430. The van der Waals surface area contributed by atoms with Crippen molar-refractivity contribution in [1.82, 2.24) is 9.55 Å². The number of ether oxygens (including phenoxy) is 2. The molecule has 1 aliphatic heterocycles. The summed E-state index contributed by atoms with van der Waals surface area (Å²) in [7, 11) is -5.06. The third-order valence-electron chi connectivity index (χ3n) is 8.53. The standard InChI is InChI=1S/C29H44N2O8Si2/c1-28(2,3)40(7,8)38-23-22(20(18-32)36-26(34)19-14-12-11-13-15-19)37-25(31-17-16-21(33)30-27(31)35)24(23)39-41(9,10)29(4,5)6/h11-18,20,22-25H,1-10H3,(H,30,33,35)/t20-,22+,23+,24+,25+/m0/s1. The van der Waals surface area contributed by atoms with Crippen LogP contribution in [0, 0.1) is 0 Å². The summed E-state index contributed by atoms with van der Waals surface area (Å²) in [5.41, 5.74) is -0.969. The molecule has 1 aromatic heterocycles. The van der Waals surface area contributed by atoms with Gasteiger partial charge in [0.05, 0.1) is 5.56 Å². The van der Waals surface area contributed by atoms with Crippen LogP contribution in [0.4, 0.5) is 0 Å². The van der Waals surface area contributed by atoms with E-state index in [1.165, 1.54) is 16.8 Å². The van der Waals surface area contributed by atoms with Crippen molar-refractivity contribution < 1.29 is 27.9 Å². The maximum absolute atomic E-state index is 13.0. The lowest BCUT2D eigenvalue weighted by atomic mass is 10.1. The Balaban J connectivity index is 2.17. The Kier molecular flexibility index (Phi) is 9.55. The number of hydrogen-bond acceptors (Lipinski definition) is 8. The van der Waals surface area contributed by atoms with Crippen molar-refractivity contribution in [2.75, 3.05) is 0 Å². The molecular formula is C29H44N2O8Si2. The molecule has 5 atom stereocenters. The minimum Gasteiger partial charge on any atom is -0.448 e. The summed E-state index contributed by atoms with van der Waals surface area (Å²) in [5.74, 6) is -0.691. The zero-order valence-electron chi connectivity index (χ0n) is 25.7. The predicted octanol–water partition coefficient (Wildman–Crippen LogP) is 4.64. The van der Waals surface area contributed by atoms with Gasteiger partial charge in [-0.25, -0.2) is 9.59 Å². The molecule has 1 N–H and O–H groups in total. The van der Waals surface area contributed by atoms with Gasteiger partial charge in [-0.15, -0.1) is 0 Å². The molecule has 0 aliphatic carbocycles. The van der Waals surface area contributed by atoms with Crippen LogP contribution in [0.25, 0.3) is 0 Å². The highest BCUT2D eigenvalue weighted by atomic mass is 28.4. The second-order valence-electron chi connectivity index (χ2n) is 13.6. The second kappa shape index (κ2) is 11.9. The minimum atomic E-state index is -2.54. The topological polar surface area (TPSA) is 126 Å². The average Bonchev–Trinajstić information content (AvgIpc) is 3.17. The molecule has 0 saturated carbocycles. The number of aldehydes is 1. The van der Waals surface area contributed by atoms with Crippen LogP contribution in [0.1, 0.15) is 58.1 Å². The molecule has 226 valence electrons. The highest BCUT2D eigenvalue weighted by Crippen LogP contribution is 2.46. The summed E-state index contributed by atoms with van der Waals surface area (Å²) < 4.78 is 27.2. The molecule has 0 amide bonds. The van der Waals surface area contributed by atoms with Crippen LogP contribution in [-0.4, -0.2) is 62.9 Å². The van der Waals surface area contributed by atoms with E-state index in [9.17, 15) is 19.2 Å². The molecule has 0 radical (unpaired) electrons. The summed E-state index contributed by atoms with van der Waals surface area (Å²) in [6.45, 7) is 20.8. The largest absolute Gasteiger partial charge is 0.448 e. The molecule has 1 fully saturated rings. The third-order valence-corrected chi connectivity index (χ3v) is 17.5. The van der Waals surface area contributed by atoms with E-state index < -0.39 is 64.5 Å². The lowest BCUT2D eigenvalue weighted by Gasteiger charge is -2.44. The van der Waals surface area contributed by atoms with E-state index in [-0.39, 0.29) is 15.6 Å². The zero-order chi connectivity index (χ0) is 31.0. The molecule has 12 heteroatoms. The van der Waals surface area contributed by atoms with Crippen LogP contribution in [0.2, 0.25) is 36.3 Å². The number of benzene rings is 1. The smallest absolute Gasteiger partial charge is 0.338 e. The van der Waals surface area contributed by atoms with Gasteiger partial charge in [-0.3, -0.25) is 19.1 Å². The van der Waals surface area contributed by atoms with Crippen LogP contribution in [0.5, 0.6) is 0 Å². The molecule has 1 aromatic carbocycles. The quantitative estimate of drug-likeness (QED) is 0.249. The van der Waals surface area contributed by atoms with Gasteiger partial charge in [0.15, 0.2) is 35.3 Å². The molecule has 0 spiro atoms. The molecule has 2 aromatic rings. The number of aromatic amines is 1. The Labute approximate surface area is 243 Å². The van der Waals surface area contributed by atoms with Crippen molar-refractivity contribution >= 4 is 28.9 Å². The number of nitrogens with one attached hydrogen (secondary N) is 1. The Morgan fingerprint density at radius 2 is 1.46 bits per heavy atom. The van der Waals surface area contributed by atoms with E-state index in [2.05, 4.69) is 72.7 Å². The Morgan fingerprint density at radius 3 is 1.95 bits per heavy atom. The summed E-state index contributed by atoms with van der Waals surface area (Å²) >= 11 is 0. The molecule has 2 heterocycles. The number of carbonyl (C=O) groups excluding carboxylic acids is 2. The Hall–Kier alpha value is -2.65. The number of aromatic nitrogens is 2. The van der Waals surface area contributed by atoms with Crippen molar-refractivity contribution in [3.8, 4) is 0 Å². The Morgan fingerprint density at radius 1 is 0.927 bits per heavy atom. The first-order valence-electron chi connectivity index (χ1n) is 13.8. The fourth-order valence-electron chi connectivity index (χ4n) is 4.01. The number of hydrogen-bond donors (Lipinski definition) is 1. The van der Waals surface area contributed by atoms with Crippen molar-refractivity contribution in [3.05, 3.63) is 69.0 Å². The van der Waals surface area contributed by atoms with E-state index in [0.717, 1.165) is 0 Å². The lowest BCUT2D eigenvalue weighted by molar-refractivity contribution is -0.130. The first-order chi connectivity index (χ1) is 18.8. The molecule has 3 rings (SSSR count). The SMILES string of the molecule is CC(C)(C)[Si](C)(C)O[C@H]1[C@@H](O[Si](C)(C)C(C)(C)C)[C@H](n2ccc(=O)[nH]c2=O)O[C@@H]1[C@H](C=O)OC(=O)c1ccccc1. The van der Waals surface area contributed by atoms with Crippen LogP contribution >= 0.6 is 0 Å². The van der Waals surface area contributed by atoms with Crippen LogP contribution in [0.3, 0.4) is 0 Å². The number of H-pyrrole nitrogens is 1. The van der Waals surface area contributed by atoms with E-state index in [0.29, 0.717) is 6.29 Å². The van der Waals surface area contributed by atoms with Gasteiger partial charge in [0.25, 0.3) is 5.56 Å². The minimum absolute atomic E-state index is 0.211. The molecule has 0 unspecified atom stereocenters. The van der Waals surface area contributed by atoms with Crippen molar-refractivity contribution in [2.24, 2.45) is 0 Å². The van der Waals surface area contributed by atoms with E-state index in [1.54, 1.807) is 30.3 Å². The van der Waals surface area contributed by atoms with Crippen LogP contribution in [0.15, 0.2) is 52.2 Å². The molecule has 10 nitrogen and oxygen atoms in total. The molecule has 1 aliphatic rings. The monoisotopic (exact) mass is 604 g/mol. The van der Waals surface area contributed by atoms with Gasteiger partial charge in [-0.05, 0) is 48.4 Å². The Bertz CT molecular complexity index is 1340. The van der Waals surface area contributed by atoms with Gasteiger partial charge in [-0.1, -0.05) is 59.7 Å². The average molecular weight is 605 g/mol. The van der Waals surface area contributed by atoms with Crippen molar-refractivity contribution in [1.29, 1.82) is 0 Å². The number of rotatable bonds is 9. The second-order valence-corrected chi connectivity index (χ2v) is 23.1. The van der Waals surface area contributed by atoms with Gasteiger partial charge in [0.1, 0.15) is 18.3 Å². The van der Waals surface area contributed by atoms with E-state index in [4.69, 9.17) is 18.3 Å². The lowest BCUT2D eigenvalue weighted by Crippen LogP contribution is -2.55. The van der Waals surface area contributed by atoms with Gasteiger partial charge in [0.2, 0.25) is 0 Å². The zero-order valence-corrected chi connectivity index (χ0v) is 27.7. The van der Waals surface area contributed by atoms with Crippen LogP contribution < -0.4 is 11.2 Å².